The lowest BCUT2D eigenvalue weighted by Gasteiger charge is -2.41. The summed E-state index contributed by atoms with van der Waals surface area (Å²) >= 11 is 0. The largest absolute Gasteiger partial charge is 0.0651 e. The summed E-state index contributed by atoms with van der Waals surface area (Å²) in [5.41, 5.74) is 0. The predicted molar refractivity (Wildman–Crippen MR) is 71.5 cm³/mol. The molecule has 0 heteroatoms. The molecule has 0 saturated heterocycles. The van der Waals surface area contributed by atoms with Crippen molar-refractivity contribution >= 4 is 0 Å². The van der Waals surface area contributed by atoms with Gasteiger partial charge in [-0.2, -0.15) is 0 Å². The molecule has 0 aromatic rings. The molecule has 2 saturated carbocycles. The minimum absolute atomic E-state index is 0.979. The van der Waals surface area contributed by atoms with E-state index in [0.717, 1.165) is 23.7 Å². The number of rotatable bonds is 3. The van der Waals surface area contributed by atoms with Gasteiger partial charge in [-0.25, -0.2) is 0 Å². The summed E-state index contributed by atoms with van der Waals surface area (Å²) in [5.74, 6) is 4.26. The van der Waals surface area contributed by atoms with Gasteiger partial charge in [0.15, 0.2) is 0 Å². The van der Waals surface area contributed by atoms with Crippen molar-refractivity contribution < 1.29 is 0 Å². The summed E-state index contributed by atoms with van der Waals surface area (Å²) in [6, 6.07) is 0. The van der Waals surface area contributed by atoms with Gasteiger partial charge in [0.1, 0.15) is 0 Å². The van der Waals surface area contributed by atoms with Gasteiger partial charge in [0, 0.05) is 0 Å². The van der Waals surface area contributed by atoms with Crippen LogP contribution in [0.4, 0.5) is 0 Å². The average molecular weight is 222 g/mol. The second kappa shape index (κ2) is 6.07. The number of hydrogen-bond donors (Lipinski definition) is 0. The van der Waals surface area contributed by atoms with E-state index >= 15 is 0 Å². The zero-order valence-corrected chi connectivity index (χ0v) is 11.4. The van der Waals surface area contributed by atoms with Gasteiger partial charge in [-0.15, -0.1) is 0 Å². The highest BCUT2D eigenvalue weighted by molar-refractivity contribution is 4.84. The van der Waals surface area contributed by atoms with Crippen LogP contribution in [0.5, 0.6) is 0 Å². The summed E-state index contributed by atoms with van der Waals surface area (Å²) in [4.78, 5) is 0. The first-order chi connectivity index (χ1) is 7.83. The van der Waals surface area contributed by atoms with Gasteiger partial charge in [-0.1, -0.05) is 65.2 Å². The fourth-order valence-electron chi connectivity index (χ4n) is 4.35. The Balaban J connectivity index is 1.97. The second-order valence-electron chi connectivity index (χ2n) is 6.40. The van der Waals surface area contributed by atoms with Gasteiger partial charge in [0.25, 0.3) is 0 Å². The lowest BCUT2D eigenvalue weighted by Crippen LogP contribution is -2.32. The van der Waals surface area contributed by atoms with Gasteiger partial charge in [-0.3, -0.25) is 0 Å². The van der Waals surface area contributed by atoms with Gasteiger partial charge >= 0.3 is 0 Å². The van der Waals surface area contributed by atoms with Crippen molar-refractivity contribution in [2.75, 3.05) is 0 Å². The van der Waals surface area contributed by atoms with Crippen molar-refractivity contribution in [2.45, 2.75) is 78.1 Å². The first kappa shape index (κ1) is 12.5. The van der Waals surface area contributed by atoms with Crippen LogP contribution in [-0.2, 0) is 0 Å². The molecule has 16 heavy (non-hydrogen) atoms. The monoisotopic (exact) mass is 222 g/mol. The molecule has 0 heterocycles. The third-order valence-electron chi connectivity index (χ3n) is 5.51. The Kier molecular flexibility index (Phi) is 4.73. The van der Waals surface area contributed by atoms with E-state index in [1.807, 2.05) is 0 Å². The van der Waals surface area contributed by atoms with Crippen LogP contribution >= 0.6 is 0 Å². The molecule has 2 aliphatic rings. The minimum Gasteiger partial charge on any atom is -0.0651 e. The van der Waals surface area contributed by atoms with E-state index in [4.69, 9.17) is 0 Å². The summed E-state index contributed by atoms with van der Waals surface area (Å²) in [5, 5.41) is 0. The van der Waals surface area contributed by atoms with Gasteiger partial charge < -0.3 is 0 Å². The zero-order valence-electron chi connectivity index (χ0n) is 11.4. The van der Waals surface area contributed by atoms with Crippen LogP contribution in [-0.4, -0.2) is 0 Å². The average Bonchev–Trinajstić information content (AvgIpc) is 2.39. The molecule has 0 spiro atoms. The Morgan fingerprint density at radius 2 is 1.50 bits per heavy atom. The van der Waals surface area contributed by atoms with E-state index < -0.39 is 0 Å². The molecule has 0 N–H and O–H groups in total. The van der Waals surface area contributed by atoms with E-state index in [9.17, 15) is 0 Å². The molecule has 2 aliphatic carbocycles. The Labute approximate surface area is 102 Å². The van der Waals surface area contributed by atoms with E-state index in [0.29, 0.717) is 0 Å². The predicted octanol–water partition coefficient (Wildman–Crippen LogP) is 5.42. The van der Waals surface area contributed by atoms with Gasteiger partial charge in [0.05, 0.1) is 0 Å². The normalized spacial score (nSPS) is 34.9. The fraction of sp³-hybridized carbons (Fsp3) is 1.00. The third kappa shape index (κ3) is 2.81. The maximum atomic E-state index is 2.51. The maximum absolute atomic E-state index is 2.51. The molecule has 94 valence electrons. The third-order valence-corrected chi connectivity index (χ3v) is 5.51. The Hall–Kier alpha value is 0. The highest BCUT2D eigenvalue weighted by Gasteiger charge is 2.34. The Morgan fingerprint density at radius 1 is 0.875 bits per heavy atom. The highest BCUT2D eigenvalue weighted by atomic mass is 14.4. The summed E-state index contributed by atoms with van der Waals surface area (Å²) in [6.45, 7) is 4.89. The summed E-state index contributed by atoms with van der Waals surface area (Å²) in [6.07, 6.45) is 15.2. The second-order valence-corrected chi connectivity index (χ2v) is 6.40. The van der Waals surface area contributed by atoms with Crippen LogP contribution in [0.25, 0.3) is 0 Å². The minimum atomic E-state index is 0.979. The van der Waals surface area contributed by atoms with Crippen LogP contribution in [0.2, 0.25) is 0 Å². The Bertz CT molecular complexity index is 190. The lowest BCUT2D eigenvalue weighted by atomic mass is 9.64. The van der Waals surface area contributed by atoms with E-state index in [2.05, 4.69) is 13.8 Å². The Morgan fingerprint density at radius 3 is 2.19 bits per heavy atom. The molecular formula is C16H30. The van der Waals surface area contributed by atoms with Crippen molar-refractivity contribution in [1.82, 2.24) is 0 Å². The first-order valence-electron chi connectivity index (χ1n) is 7.83. The fourth-order valence-corrected chi connectivity index (χ4v) is 4.35. The van der Waals surface area contributed by atoms with E-state index in [1.165, 1.54) is 44.9 Å². The summed E-state index contributed by atoms with van der Waals surface area (Å²) < 4.78 is 0. The topological polar surface area (TPSA) is 0 Å². The molecule has 2 fully saturated rings. The quantitative estimate of drug-likeness (QED) is 0.598. The molecule has 0 amide bonds. The van der Waals surface area contributed by atoms with E-state index in [-0.39, 0.29) is 0 Å². The smallest absolute Gasteiger partial charge is 0.0355 e. The molecule has 0 aromatic carbocycles. The van der Waals surface area contributed by atoms with Crippen LogP contribution in [0, 0.1) is 23.7 Å². The molecule has 0 radical (unpaired) electrons. The summed E-state index contributed by atoms with van der Waals surface area (Å²) in [7, 11) is 0. The molecule has 0 aromatic heterocycles. The van der Waals surface area contributed by atoms with E-state index in [1.54, 1.807) is 19.3 Å². The van der Waals surface area contributed by atoms with Crippen molar-refractivity contribution in [3.8, 4) is 0 Å². The zero-order chi connectivity index (χ0) is 11.4. The van der Waals surface area contributed by atoms with Crippen molar-refractivity contribution in [3.63, 3.8) is 0 Å². The SMILES string of the molecule is CCC(C)C1CCCCC1C1CCCCC1. The molecular weight excluding hydrogens is 192 g/mol. The standard InChI is InChI=1S/C16H30/c1-3-13(2)15-11-7-8-12-16(15)14-9-5-4-6-10-14/h13-16H,3-12H2,1-2H3. The highest BCUT2D eigenvalue weighted by Crippen LogP contribution is 2.44. The van der Waals surface area contributed by atoms with Crippen molar-refractivity contribution in [2.24, 2.45) is 23.7 Å². The molecule has 0 bridgehead atoms. The number of hydrogen-bond acceptors (Lipinski definition) is 0. The van der Waals surface area contributed by atoms with Crippen LogP contribution < -0.4 is 0 Å². The molecule has 3 unspecified atom stereocenters. The maximum Gasteiger partial charge on any atom is -0.0355 e. The van der Waals surface area contributed by atoms with Gasteiger partial charge in [-0.05, 0) is 36.5 Å². The van der Waals surface area contributed by atoms with Crippen molar-refractivity contribution in [3.05, 3.63) is 0 Å². The van der Waals surface area contributed by atoms with Gasteiger partial charge in [0.2, 0.25) is 0 Å². The first-order valence-corrected chi connectivity index (χ1v) is 7.83. The van der Waals surface area contributed by atoms with Crippen LogP contribution in [0.3, 0.4) is 0 Å². The molecule has 0 nitrogen and oxygen atoms in total. The molecule has 0 aliphatic heterocycles. The molecule has 3 atom stereocenters. The lowest BCUT2D eigenvalue weighted by molar-refractivity contribution is 0.0895. The van der Waals surface area contributed by atoms with Crippen LogP contribution in [0.1, 0.15) is 78.1 Å². The van der Waals surface area contributed by atoms with Crippen molar-refractivity contribution in [1.29, 1.82) is 0 Å². The van der Waals surface area contributed by atoms with Crippen LogP contribution in [0.15, 0.2) is 0 Å². The molecule has 2 rings (SSSR count).